The van der Waals surface area contributed by atoms with Crippen molar-refractivity contribution in [2.45, 2.75) is 20.8 Å². The molecule has 29 heavy (non-hydrogen) atoms. The van der Waals surface area contributed by atoms with Gasteiger partial charge in [-0.05, 0) is 43.4 Å². The van der Waals surface area contributed by atoms with E-state index >= 15 is 4.39 Å². The van der Waals surface area contributed by atoms with Crippen LogP contribution in [-0.2, 0) is 7.05 Å². The van der Waals surface area contributed by atoms with Gasteiger partial charge in [-0.25, -0.2) is 13.3 Å². The van der Waals surface area contributed by atoms with E-state index in [1.54, 1.807) is 18.2 Å². The molecule has 0 bridgehead atoms. The monoisotopic (exact) mass is 388 g/mol. The van der Waals surface area contributed by atoms with Gasteiger partial charge in [-0.1, -0.05) is 24.3 Å². The molecule has 0 fully saturated rings. The zero-order valence-electron chi connectivity index (χ0n) is 16.7. The summed E-state index contributed by atoms with van der Waals surface area (Å²) in [5.41, 5.74) is 5.65. The molecular formula is C25H20F2NO+. The Morgan fingerprint density at radius 2 is 1.52 bits per heavy atom. The SMILES string of the molecule is Cc1cc(-c2c(C)cc(F)c3c2oc2cc(F)c4ccccc4c23)[n+](C)cc1C. The summed E-state index contributed by atoms with van der Waals surface area (Å²) in [5.74, 6) is -0.731. The predicted octanol–water partition coefficient (Wildman–Crippen LogP) is 6.43. The number of nitrogens with zero attached hydrogens (tertiary/aromatic N) is 1. The molecule has 0 saturated carbocycles. The Morgan fingerprint density at radius 3 is 2.28 bits per heavy atom. The molecule has 2 heterocycles. The number of aromatic nitrogens is 1. The Balaban J connectivity index is 2.01. The highest BCUT2D eigenvalue weighted by atomic mass is 19.1. The number of hydrogen-bond donors (Lipinski definition) is 0. The minimum atomic E-state index is -0.373. The number of aryl methyl sites for hydroxylation is 4. The van der Waals surface area contributed by atoms with Gasteiger partial charge < -0.3 is 4.42 Å². The molecule has 0 aliphatic rings. The third-order valence-corrected chi connectivity index (χ3v) is 5.85. The number of rotatable bonds is 1. The highest BCUT2D eigenvalue weighted by Crippen LogP contribution is 2.42. The lowest BCUT2D eigenvalue weighted by Gasteiger charge is -2.08. The molecule has 4 heteroatoms. The minimum absolute atomic E-state index is 0.355. The van der Waals surface area contributed by atoms with E-state index in [0.717, 1.165) is 22.4 Å². The molecule has 0 aliphatic heterocycles. The predicted molar refractivity (Wildman–Crippen MR) is 112 cm³/mol. The first-order chi connectivity index (χ1) is 13.9. The van der Waals surface area contributed by atoms with Gasteiger partial charge in [-0.2, -0.15) is 0 Å². The standard InChI is InChI=1S/C25H20F2NO/c1-13-10-20(28(4)12-15(13)3)22-14(2)9-19(27)24-23-17-8-6-5-7-16(17)18(26)11-21(23)29-25(22)24/h5-12H,1-4H3/q+1. The normalized spacial score (nSPS) is 11.8. The van der Waals surface area contributed by atoms with Gasteiger partial charge in [0.05, 0.1) is 10.9 Å². The first-order valence-corrected chi connectivity index (χ1v) is 9.56. The smallest absolute Gasteiger partial charge is 0.216 e. The maximum absolute atomic E-state index is 15.2. The number of benzene rings is 3. The topological polar surface area (TPSA) is 17.0 Å². The summed E-state index contributed by atoms with van der Waals surface area (Å²) in [6.07, 6.45) is 2.05. The summed E-state index contributed by atoms with van der Waals surface area (Å²) in [6.45, 7) is 5.98. The lowest BCUT2D eigenvalue weighted by Crippen LogP contribution is -2.31. The zero-order valence-corrected chi connectivity index (χ0v) is 16.7. The Labute approximate surface area is 167 Å². The van der Waals surface area contributed by atoms with Crippen molar-refractivity contribution in [2.75, 3.05) is 0 Å². The van der Waals surface area contributed by atoms with E-state index in [4.69, 9.17) is 4.42 Å². The third-order valence-electron chi connectivity index (χ3n) is 5.85. The summed E-state index contributed by atoms with van der Waals surface area (Å²) in [7, 11) is 1.97. The molecule has 0 unspecified atom stereocenters. The van der Waals surface area contributed by atoms with E-state index in [9.17, 15) is 4.39 Å². The van der Waals surface area contributed by atoms with Gasteiger partial charge in [-0.3, -0.25) is 0 Å². The molecule has 0 saturated heterocycles. The molecule has 0 spiro atoms. The maximum atomic E-state index is 15.2. The number of furan rings is 1. The van der Waals surface area contributed by atoms with Crippen LogP contribution < -0.4 is 4.57 Å². The van der Waals surface area contributed by atoms with Crippen LogP contribution in [0.25, 0.3) is 44.0 Å². The van der Waals surface area contributed by atoms with E-state index in [1.807, 2.05) is 30.7 Å². The van der Waals surface area contributed by atoms with Crippen molar-refractivity contribution in [1.82, 2.24) is 0 Å². The Hall–Kier alpha value is -3.27. The van der Waals surface area contributed by atoms with Crippen molar-refractivity contribution in [2.24, 2.45) is 7.05 Å². The van der Waals surface area contributed by atoms with Crippen LogP contribution in [0.2, 0.25) is 0 Å². The average Bonchev–Trinajstić information content (AvgIpc) is 3.05. The molecule has 5 aromatic rings. The molecule has 0 amide bonds. The molecule has 0 N–H and O–H groups in total. The quantitative estimate of drug-likeness (QED) is 0.302. The lowest BCUT2D eigenvalue weighted by atomic mass is 9.97. The first kappa shape index (κ1) is 17.8. The molecule has 2 aromatic heterocycles. The lowest BCUT2D eigenvalue weighted by molar-refractivity contribution is -0.660. The largest absolute Gasteiger partial charge is 0.455 e. The summed E-state index contributed by atoms with van der Waals surface area (Å²) in [5, 5.41) is 2.12. The van der Waals surface area contributed by atoms with E-state index in [-0.39, 0.29) is 11.6 Å². The van der Waals surface area contributed by atoms with Crippen LogP contribution in [0.4, 0.5) is 8.78 Å². The van der Waals surface area contributed by atoms with Crippen LogP contribution in [0.5, 0.6) is 0 Å². The first-order valence-electron chi connectivity index (χ1n) is 9.56. The van der Waals surface area contributed by atoms with Crippen molar-refractivity contribution in [3.8, 4) is 11.3 Å². The Kier molecular flexibility index (Phi) is 3.75. The summed E-state index contributed by atoms with van der Waals surface area (Å²) in [6, 6.07) is 12.1. The summed E-state index contributed by atoms with van der Waals surface area (Å²) < 4.78 is 38.0. The van der Waals surface area contributed by atoms with Crippen LogP contribution in [0.15, 0.2) is 53.1 Å². The minimum Gasteiger partial charge on any atom is -0.455 e. The zero-order chi connectivity index (χ0) is 20.4. The third kappa shape index (κ3) is 2.48. The fourth-order valence-electron chi connectivity index (χ4n) is 4.29. The molecule has 144 valence electrons. The molecule has 0 aliphatic carbocycles. The average molecular weight is 388 g/mol. The molecule has 5 rings (SSSR count). The van der Waals surface area contributed by atoms with Gasteiger partial charge in [0.2, 0.25) is 5.69 Å². The van der Waals surface area contributed by atoms with Gasteiger partial charge in [-0.15, -0.1) is 0 Å². The number of hydrogen-bond acceptors (Lipinski definition) is 1. The van der Waals surface area contributed by atoms with Crippen molar-refractivity contribution >= 4 is 32.7 Å². The number of halogens is 2. The van der Waals surface area contributed by atoms with Crippen molar-refractivity contribution < 1.29 is 17.8 Å². The summed E-state index contributed by atoms with van der Waals surface area (Å²) >= 11 is 0. The van der Waals surface area contributed by atoms with E-state index in [1.165, 1.54) is 11.6 Å². The van der Waals surface area contributed by atoms with Gasteiger partial charge in [0, 0.05) is 28.5 Å². The van der Waals surface area contributed by atoms with Gasteiger partial charge >= 0.3 is 0 Å². The van der Waals surface area contributed by atoms with Crippen LogP contribution in [0.3, 0.4) is 0 Å². The fraction of sp³-hybridized carbons (Fsp3) is 0.160. The van der Waals surface area contributed by atoms with Gasteiger partial charge in [0.25, 0.3) is 0 Å². The van der Waals surface area contributed by atoms with E-state index in [0.29, 0.717) is 32.7 Å². The van der Waals surface area contributed by atoms with Gasteiger partial charge in [0.15, 0.2) is 11.8 Å². The van der Waals surface area contributed by atoms with Crippen molar-refractivity contribution in [3.05, 3.63) is 77.0 Å². The molecule has 2 nitrogen and oxygen atoms in total. The van der Waals surface area contributed by atoms with Crippen LogP contribution in [-0.4, -0.2) is 0 Å². The van der Waals surface area contributed by atoms with Crippen LogP contribution in [0.1, 0.15) is 16.7 Å². The second-order valence-corrected chi connectivity index (χ2v) is 7.77. The highest BCUT2D eigenvalue weighted by molar-refractivity contribution is 6.21. The molecule has 0 atom stereocenters. The summed E-state index contributed by atoms with van der Waals surface area (Å²) in [4.78, 5) is 0. The van der Waals surface area contributed by atoms with Gasteiger partial charge in [0.1, 0.15) is 24.3 Å². The Morgan fingerprint density at radius 1 is 0.793 bits per heavy atom. The van der Waals surface area contributed by atoms with E-state index < -0.39 is 0 Å². The fourth-order valence-corrected chi connectivity index (χ4v) is 4.29. The molecule has 3 aromatic carbocycles. The molecule has 0 radical (unpaired) electrons. The van der Waals surface area contributed by atoms with Crippen molar-refractivity contribution in [3.63, 3.8) is 0 Å². The highest BCUT2D eigenvalue weighted by Gasteiger charge is 2.25. The van der Waals surface area contributed by atoms with Crippen molar-refractivity contribution in [1.29, 1.82) is 0 Å². The second-order valence-electron chi connectivity index (χ2n) is 7.77. The Bertz CT molecular complexity index is 1460. The number of pyridine rings is 1. The molecular weight excluding hydrogens is 368 g/mol. The maximum Gasteiger partial charge on any atom is 0.216 e. The number of fused-ring (bicyclic) bond motifs is 5. The van der Waals surface area contributed by atoms with Crippen LogP contribution in [0, 0.1) is 32.4 Å². The second kappa shape index (κ2) is 6.11. The van der Waals surface area contributed by atoms with Crippen LogP contribution >= 0.6 is 0 Å². The van der Waals surface area contributed by atoms with E-state index in [2.05, 4.69) is 26.1 Å².